The molecule has 0 radical (unpaired) electrons. The van der Waals surface area contributed by atoms with E-state index in [-0.39, 0.29) is 0 Å². The second-order valence-electron chi connectivity index (χ2n) is 4.06. The predicted molar refractivity (Wildman–Crippen MR) is 79.9 cm³/mol. The van der Waals surface area contributed by atoms with Crippen molar-refractivity contribution in [1.29, 1.82) is 0 Å². The summed E-state index contributed by atoms with van der Waals surface area (Å²) in [5.41, 5.74) is 1.17. The van der Waals surface area contributed by atoms with Crippen LogP contribution in [0.2, 0.25) is 0 Å². The minimum absolute atomic E-state index is 0.632. The molecule has 19 heavy (non-hydrogen) atoms. The van der Waals surface area contributed by atoms with Crippen LogP contribution in [0, 0.1) is 0 Å². The summed E-state index contributed by atoms with van der Waals surface area (Å²) < 4.78 is 5.75. The number of rotatable bonds is 6. The van der Waals surface area contributed by atoms with Gasteiger partial charge in [-0.1, -0.05) is 6.92 Å². The minimum atomic E-state index is 0.632. The van der Waals surface area contributed by atoms with Crippen LogP contribution in [-0.4, -0.2) is 17.8 Å². The summed E-state index contributed by atoms with van der Waals surface area (Å²) in [6, 6.07) is 12.0. The molecule has 0 bridgehead atoms. The number of benzene rings is 1. The number of pyridine rings is 1. The number of aromatic nitrogens is 1. The van der Waals surface area contributed by atoms with Gasteiger partial charge < -0.3 is 10.1 Å². The molecule has 0 saturated carbocycles. The van der Waals surface area contributed by atoms with Gasteiger partial charge in [0, 0.05) is 23.7 Å². The van der Waals surface area contributed by atoms with Gasteiger partial charge in [-0.25, -0.2) is 4.98 Å². The monoisotopic (exact) mass is 274 g/mol. The standard InChI is InChI=1S/C15H18N2OS/c1-3-16-11-12-8-9-17-15(10-12)18-13-4-6-14(19-2)7-5-13/h4-10,16H,3,11H2,1-2H3. The summed E-state index contributed by atoms with van der Waals surface area (Å²) in [4.78, 5) is 5.45. The predicted octanol–water partition coefficient (Wildman–Crippen LogP) is 3.71. The molecule has 0 aliphatic rings. The van der Waals surface area contributed by atoms with E-state index in [1.165, 1.54) is 10.5 Å². The van der Waals surface area contributed by atoms with Gasteiger partial charge in [-0.2, -0.15) is 0 Å². The van der Waals surface area contributed by atoms with Gasteiger partial charge >= 0.3 is 0 Å². The summed E-state index contributed by atoms with van der Waals surface area (Å²) in [6.07, 6.45) is 3.83. The van der Waals surface area contributed by atoms with Gasteiger partial charge in [0.25, 0.3) is 0 Å². The molecule has 2 aromatic rings. The summed E-state index contributed by atoms with van der Waals surface area (Å²) in [5.74, 6) is 1.44. The molecule has 1 heterocycles. The van der Waals surface area contributed by atoms with Crippen molar-refractivity contribution in [2.45, 2.75) is 18.4 Å². The van der Waals surface area contributed by atoms with E-state index < -0.39 is 0 Å². The molecule has 1 N–H and O–H groups in total. The molecule has 4 heteroatoms. The fraction of sp³-hybridized carbons (Fsp3) is 0.267. The normalized spacial score (nSPS) is 10.4. The molecule has 1 aromatic carbocycles. The molecule has 0 unspecified atom stereocenters. The van der Waals surface area contributed by atoms with Gasteiger partial charge in [0.05, 0.1) is 0 Å². The Balaban J connectivity index is 2.05. The molecule has 0 atom stereocenters. The SMILES string of the molecule is CCNCc1ccnc(Oc2ccc(SC)cc2)c1. The van der Waals surface area contributed by atoms with E-state index in [0.717, 1.165) is 18.8 Å². The molecule has 2 rings (SSSR count). The minimum Gasteiger partial charge on any atom is -0.439 e. The largest absolute Gasteiger partial charge is 0.439 e. The lowest BCUT2D eigenvalue weighted by molar-refractivity contribution is 0.461. The lowest BCUT2D eigenvalue weighted by atomic mass is 10.2. The Kier molecular flexibility index (Phi) is 5.24. The van der Waals surface area contributed by atoms with E-state index in [0.29, 0.717) is 5.88 Å². The van der Waals surface area contributed by atoms with Gasteiger partial charge in [0.1, 0.15) is 5.75 Å². The smallest absolute Gasteiger partial charge is 0.219 e. The van der Waals surface area contributed by atoms with Gasteiger partial charge in [0.2, 0.25) is 5.88 Å². The summed E-state index contributed by atoms with van der Waals surface area (Å²) in [7, 11) is 0. The zero-order valence-electron chi connectivity index (χ0n) is 11.2. The van der Waals surface area contributed by atoms with E-state index in [2.05, 4.69) is 23.5 Å². The Hall–Kier alpha value is -1.52. The lowest BCUT2D eigenvalue weighted by Crippen LogP contribution is -2.11. The number of hydrogen-bond donors (Lipinski definition) is 1. The van der Waals surface area contributed by atoms with Crippen LogP contribution in [0.1, 0.15) is 12.5 Å². The number of thioether (sulfide) groups is 1. The van der Waals surface area contributed by atoms with Gasteiger partial charge in [0.15, 0.2) is 0 Å². The first-order valence-electron chi connectivity index (χ1n) is 6.29. The van der Waals surface area contributed by atoms with E-state index in [1.807, 2.05) is 36.4 Å². The van der Waals surface area contributed by atoms with Crippen molar-refractivity contribution in [3.05, 3.63) is 48.2 Å². The fourth-order valence-electron chi connectivity index (χ4n) is 1.65. The van der Waals surface area contributed by atoms with Crippen molar-refractivity contribution >= 4 is 11.8 Å². The molecule has 0 aliphatic heterocycles. The van der Waals surface area contributed by atoms with Crippen molar-refractivity contribution in [3.8, 4) is 11.6 Å². The molecule has 1 aromatic heterocycles. The molecule has 100 valence electrons. The Morgan fingerprint density at radius 3 is 2.68 bits per heavy atom. The zero-order valence-corrected chi connectivity index (χ0v) is 12.0. The number of nitrogens with zero attached hydrogens (tertiary/aromatic N) is 1. The maximum atomic E-state index is 5.75. The summed E-state index contributed by atoms with van der Waals surface area (Å²) >= 11 is 1.72. The highest BCUT2D eigenvalue weighted by molar-refractivity contribution is 7.98. The van der Waals surface area contributed by atoms with Crippen molar-refractivity contribution < 1.29 is 4.74 Å². The van der Waals surface area contributed by atoms with Crippen LogP contribution in [0.15, 0.2) is 47.5 Å². The Labute approximate surface area is 118 Å². The van der Waals surface area contributed by atoms with Crippen molar-refractivity contribution in [1.82, 2.24) is 10.3 Å². The van der Waals surface area contributed by atoms with Gasteiger partial charge in [-0.15, -0.1) is 11.8 Å². The van der Waals surface area contributed by atoms with Crippen LogP contribution in [0.4, 0.5) is 0 Å². The average molecular weight is 274 g/mol. The van der Waals surface area contributed by atoms with Crippen molar-refractivity contribution in [3.63, 3.8) is 0 Å². The number of ether oxygens (including phenoxy) is 1. The highest BCUT2D eigenvalue weighted by atomic mass is 32.2. The van der Waals surface area contributed by atoms with Crippen molar-refractivity contribution in [2.24, 2.45) is 0 Å². The average Bonchev–Trinajstić information content (AvgIpc) is 2.46. The van der Waals surface area contributed by atoms with Crippen LogP contribution < -0.4 is 10.1 Å². The maximum absolute atomic E-state index is 5.75. The molecule has 0 fully saturated rings. The maximum Gasteiger partial charge on any atom is 0.219 e. The third kappa shape index (κ3) is 4.26. The van der Waals surface area contributed by atoms with Crippen LogP contribution >= 0.6 is 11.8 Å². The third-order valence-electron chi connectivity index (χ3n) is 2.66. The zero-order chi connectivity index (χ0) is 13.5. The highest BCUT2D eigenvalue weighted by Gasteiger charge is 2.00. The molecule has 0 amide bonds. The van der Waals surface area contributed by atoms with Crippen LogP contribution in [0.25, 0.3) is 0 Å². The summed E-state index contributed by atoms with van der Waals surface area (Å²) in [5, 5.41) is 3.28. The quantitative estimate of drug-likeness (QED) is 0.814. The number of hydrogen-bond acceptors (Lipinski definition) is 4. The van der Waals surface area contributed by atoms with E-state index in [4.69, 9.17) is 4.74 Å². The molecule has 3 nitrogen and oxygen atoms in total. The molecular formula is C15H18N2OS. The topological polar surface area (TPSA) is 34.2 Å². The first kappa shape index (κ1) is 13.9. The highest BCUT2D eigenvalue weighted by Crippen LogP contribution is 2.23. The Morgan fingerprint density at radius 2 is 2.00 bits per heavy atom. The number of nitrogens with one attached hydrogen (secondary N) is 1. The Bertz CT molecular complexity index is 514. The van der Waals surface area contributed by atoms with E-state index >= 15 is 0 Å². The van der Waals surface area contributed by atoms with E-state index in [9.17, 15) is 0 Å². The van der Waals surface area contributed by atoms with Gasteiger partial charge in [-0.3, -0.25) is 0 Å². The fourth-order valence-corrected chi connectivity index (χ4v) is 2.06. The van der Waals surface area contributed by atoms with Crippen molar-refractivity contribution in [2.75, 3.05) is 12.8 Å². The lowest BCUT2D eigenvalue weighted by Gasteiger charge is -2.07. The molecular weight excluding hydrogens is 256 g/mol. The van der Waals surface area contributed by atoms with Crippen LogP contribution in [0.5, 0.6) is 11.6 Å². The second-order valence-corrected chi connectivity index (χ2v) is 4.94. The molecule has 0 spiro atoms. The first-order valence-corrected chi connectivity index (χ1v) is 7.52. The van der Waals surface area contributed by atoms with E-state index in [1.54, 1.807) is 18.0 Å². The Morgan fingerprint density at radius 1 is 1.21 bits per heavy atom. The molecule has 0 aliphatic carbocycles. The third-order valence-corrected chi connectivity index (χ3v) is 3.40. The second kappa shape index (κ2) is 7.16. The summed E-state index contributed by atoms with van der Waals surface area (Å²) in [6.45, 7) is 3.88. The van der Waals surface area contributed by atoms with Crippen LogP contribution in [0.3, 0.4) is 0 Å². The first-order chi connectivity index (χ1) is 9.31. The van der Waals surface area contributed by atoms with Gasteiger partial charge in [-0.05, 0) is 48.7 Å². The molecule has 0 saturated heterocycles. The van der Waals surface area contributed by atoms with Crippen LogP contribution in [-0.2, 0) is 6.54 Å².